The Kier molecular flexibility index (Phi) is 7.93. The van der Waals surface area contributed by atoms with E-state index in [4.69, 9.17) is 4.42 Å². The molecule has 2 heteroatoms. The molecule has 0 saturated carbocycles. The standard InChI is InChI=1S/C55H37NO/c1-3-12-37(13-4-1)38-22-24-39(25-23-38)40-26-30-43(31-27-40)56(44-32-28-41(29-33-44)46-19-11-20-51-48-17-9-10-21-53(48)57-55(46)51)45-34-35-50-52(36-45)47-16-7-8-18-49(47)54(50)42-14-5-2-6-15-42/h1-36,54H. The number of hydrogen-bond donors (Lipinski definition) is 0. The summed E-state index contributed by atoms with van der Waals surface area (Å²) in [5.41, 5.74) is 18.7. The lowest BCUT2D eigenvalue weighted by molar-refractivity contribution is 0.670. The third-order valence-corrected chi connectivity index (χ3v) is 11.6. The molecular weight excluding hydrogens is 691 g/mol. The van der Waals surface area contributed by atoms with Gasteiger partial charge in [-0.1, -0.05) is 176 Å². The topological polar surface area (TPSA) is 16.4 Å². The molecule has 1 atom stereocenters. The largest absolute Gasteiger partial charge is 0.455 e. The van der Waals surface area contributed by atoms with Gasteiger partial charge in [0.2, 0.25) is 0 Å². The van der Waals surface area contributed by atoms with Crippen molar-refractivity contribution in [1.82, 2.24) is 0 Å². The Balaban J connectivity index is 1.01. The molecule has 1 heterocycles. The number of anilines is 3. The summed E-state index contributed by atoms with van der Waals surface area (Å²) in [6.45, 7) is 0. The second-order valence-electron chi connectivity index (χ2n) is 14.9. The zero-order chi connectivity index (χ0) is 37.7. The summed E-state index contributed by atoms with van der Waals surface area (Å²) >= 11 is 0. The van der Waals surface area contributed by atoms with Crippen molar-refractivity contribution in [3.63, 3.8) is 0 Å². The third-order valence-electron chi connectivity index (χ3n) is 11.6. The van der Waals surface area contributed by atoms with Crippen molar-refractivity contribution >= 4 is 39.0 Å². The van der Waals surface area contributed by atoms with Gasteiger partial charge in [0.15, 0.2) is 0 Å². The van der Waals surface area contributed by atoms with Crippen LogP contribution in [0, 0.1) is 0 Å². The van der Waals surface area contributed by atoms with Gasteiger partial charge in [-0.3, -0.25) is 0 Å². The number of benzene rings is 9. The van der Waals surface area contributed by atoms with Gasteiger partial charge in [0.1, 0.15) is 11.2 Å². The molecule has 0 spiro atoms. The Morgan fingerprint density at radius 3 is 1.56 bits per heavy atom. The lowest BCUT2D eigenvalue weighted by atomic mass is 9.89. The first-order valence-electron chi connectivity index (χ1n) is 19.6. The average molecular weight is 728 g/mol. The van der Waals surface area contributed by atoms with E-state index in [1.165, 1.54) is 50.1 Å². The van der Waals surface area contributed by atoms with Gasteiger partial charge in [0.25, 0.3) is 0 Å². The van der Waals surface area contributed by atoms with Gasteiger partial charge >= 0.3 is 0 Å². The van der Waals surface area contributed by atoms with Gasteiger partial charge < -0.3 is 9.32 Å². The molecule has 0 saturated heterocycles. The van der Waals surface area contributed by atoms with E-state index in [1.54, 1.807) is 0 Å². The highest BCUT2D eigenvalue weighted by atomic mass is 16.3. The number of fused-ring (bicyclic) bond motifs is 6. The van der Waals surface area contributed by atoms with Gasteiger partial charge in [-0.2, -0.15) is 0 Å². The molecule has 0 radical (unpaired) electrons. The lowest BCUT2D eigenvalue weighted by Crippen LogP contribution is -2.10. The highest BCUT2D eigenvalue weighted by Crippen LogP contribution is 2.50. The van der Waals surface area contributed by atoms with Crippen molar-refractivity contribution in [2.24, 2.45) is 0 Å². The van der Waals surface area contributed by atoms with E-state index in [0.29, 0.717) is 0 Å². The molecule has 1 aromatic heterocycles. The molecule has 0 fully saturated rings. The molecule has 0 amide bonds. The highest BCUT2D eigenvalue weighted by Gasteiger charge is 2.30. The lowest BCUT2D eigenvalue weighted by Gasteiger charge is -2.27. The summed E-state index contributed by atoms with van der Waals surface area (Å²) in [5, 5.41) is 2.27. The summed E-state index contributed by atoms with van der Waals surface area (Å²) in [4.78, 5) is 2.38. The molecule has 2 nitrogen and oxygen atoms in total. The minimum Gasteiger partial charge on any atom is -0.455 e. The predicted octanol–water partition coefficient (Wildman–Crippen LogP) is 15.2. The summed E-state index contributed by atoms with van der Waals surface area (Å²) in [7, 11) is 0. The number of furan rings is 1. The molecule has 10 aromatic rings. The van der Waals surface area contributed by atoms with E-state index < -0.39 is 0 Å². The normalized spacial score (nSPS) is 13.1. The van der Waals surface area contributed by atoms with Crippen LogP contribution in [0.1, 0.15) is 22.6 Å². The Morgan fingerprint density at radius 1 is 0.333 bits per heavy atom. The molecule has 1 aliphatic carbocycles. The van der Waals surface area contributed by atoms with Crippen molar-refractivity contribution in [2.75, 3.05) is 4.90 Å². The van der Waals surface area contributed by atoms with Crippen LogP contribution in [0.15, 0.2) is 223 Å². The highest BCUT2D eigenvalue weighted by molar-refractivity contribution is 6.09. The third kappa shape index (κ3) is 5.73. The number of hydrogen-bond acceptors (Lipinski definition) is 2. The molecule has 0 bridgehead atoms. The summed E-state index contributed by atoms with van der Waals surface area (Å²) in [5.74, 6) is 0.202. The van der Waals surface area contributed by atoms with Crippen LogP contribution in [0.2, 0.25) is 0 Å². The van der Waals surface area contributed by atoms with Crippen molar-refractivity contribution in [2.45, 2.75) is 5.92 Å². The molecule has 268 valence electrons. The maximum atomic E-state index is 6.43. The molecule has 11 rings (SSSR count). The van der Waals surface area contributed by atoms with E-state index >= 15 is 0 Å². The minimum atomic E-state index is 0.202. The number of nitrogens with zero attached hydrogens (tertiary/aromatic N) is 1. The Hall–Kier alpha value is -7.42. The van der Waals surface area contributed by atoms with Gasteiger partial charge in [-0.25, -0.2) is 0 Å². The van der Waals surface area contributed by atoms with Crippen LogP contribution in [0.5, 0.6) is 0 Å². The second-order valence-corrected chi connectivity index (χ2v) is 14.9. The monoisotopic (exact) mass is 727 g/mol. The smallest absolute Gasteiger partial charge is 0.143 e. The Morgan fingerprint density at radius 2 is 0.842 bits per heavy atom. The Labute approximate surface area is 332 Å². The van der Waals surface area contributed by atoms with Crippen LogP contribution in [0.3, 0.4) is 0 Å². The first-order chi connectivity index (χ1) is 28.3. The van der Waals surface area contributed by atoms with E-state index in [1.807, 2.05) is 12.1 Å². The van der Waals surface area contributed by atoms with E-state index in [-0.39, 0.29) is 5.92 Å². The van der Waals surface area contributed by atoms with Crippen LogP contribution in [-0.2, 0) is 0 Å². The fourth-order valence-electron chi connectivity index (χ4n) is 8.83. The van der Waals surface area contributed by atoms with Crippen molar-refractivity contribution in [3.05, 3.63) is 235 Å². The van der Waals surface area contributed by atoms with Crippen LogP contribution < -0.4 is 4.90 Å². The number of para-hydroxylation sites is 2. The molecule has 1 unspecified atom stereocenters. The molecule has 0 N–H and O–H groups in total. The zero-order valence-corrected chi connectivity index (χ0v) is 31.2. The summed E-state index contributed by atoms with van der Waals surface area (Å²) in [6, 6.07) is 78.8. The maximum Gasteiger partial charge on any atom is 0.143 e. The van der Waals surface area contributed by atoms with E-state index in [0.717, 1.165) is 50.1 Å². The SMILES string of the molecule is c1ccc(-c2ccc(-c3ccc(N(c4ccc(-c5cccc6c5oc5ccccc56)cc4)c4ccc5c(c4)-c4ccccc4C5c4ccccc4)cc3)cc2)cc1. The maximum absolute atomic E-state index is 6.43. The molecule has 57 heavy (non-hydrogen) atoms. The minimum absolute atomic E-state index is 0.202. The second kappa shape index (κ2) is 13.7. The van der Waals surface area contributed by atoms with Crippen LogP contribution in [0.25, 0.3) is 66.4 Å². The van der Waals surface area contributed by atoms with Gasteiger partial charge in [0, 0.05) is 39.3 Å². The average Bonchev–Trinajstić information content (AvgIpc) is 3.84. The predicted molar refractivity (Wildman–Crippen MR) is 238 cm³/mol. The Bertz CT molecular complexity index is 3030. The molecular formula is C55H37NO. The fourth-order valence-corrected chi connectivity index (χ4v) is 8.83. The van der Waals surface area contributed by atoms with Crippen LogP contribution in [-0.4, -0.2) is 0 Å². The number of rotatable bonds is 7. The van der Waals surface area contributed by atoms with Gasteiger partial charge in [-0.05, 0) is 98.1 Å². The zero-order valence-electron chi connectivity index (χ0n) is 31.2. The van der Waals surface area contributed by atoms with Crippen LogP contribution >= 0.6 is 0 Å². The fraction of sp³-hybridized carbons (Fsp3) is 0.0182. The van der Waals surface area contributed by atoms with Gasteiger partial charge in [-0.15, -0.1) is 0 Å². The first kappa shape index (κ1) is 33.0. The first-order valence-corrected chi connectivity index (χ1v) is 19.6. The quantitative estimate of drug-likeness (QED) is 0.163. The van der Waals surface area contributed by atoms with Crippen molar-refractivity contribution in [3.8, 4) is 44.5 Å². The van der Waals surface area contributed by atoms with Gasteiger partial charge in [0.05, 0.1) is 0 Å². The van der Waals surface area contributed by atoms with E-state index in [2.05, 4.69) is 211 Å². The molecule has 9 aromatic carbocycles. The van der Waals surface area contributed by atoms with E-state index in [9.17, 15) is 0 Å². The molecule has 0 aliphatic heterocycles. The van der Waals surface area contributed by atoms with Crippen molar-refractivity contribution in [1.29, 1.82) is 0 Å². The summed E-state index contributed by atoms with van der Waals surface area (Å²) < 4.78 is 6.43. The van der Waals surface area contributed by atoms with Crippen LogP contribution in [0.4, 0.5) is 17.1 Å². The van der Waals surface area contributed by atoms with Crippen molar-refractivity contribution < 1.29 is 4.42 Å². The molecule has 1 aliphatic rings. The summed E-state index contributed by atoms with van der Waals surface area (Å²) in [6.07, 6.45) is 0.